The predicted octanol–water partition coefficient (Wildman–Crippen LogP) is 2.47. The predicted molar refractivity (Wildman–Crippen MR) is 113 cm³/mol. The molecule has 1 aliphatic rings. The normalized spacial score (nSPS) is 17.6. The number of sulfonamides is 1. The standard InChI is InChI=1S/C20H21ClN2O6S/c1-13-12-30(26,27)23(20(13)25)14-3-8-17(18(21)11-14)19(24)22-9-10-29-16-6-4-15(28-2)5-7-16/h3-8,11,13H,9-10,12H2,1-2H3,(H,22,24)/t13-/m0/s1. The first-order valence-corrected chi connectivity index (χ1v) is 11.1. The summed E-state index contributed by atoms with van der Waals surface area (Å²) in [6, 6.07) is 11.1. The first-order chi connectivity index (χ1) is 14.2. The van der Waals surface area contributed by atoms with Gasteiger partial charge < -0.3 is 14.8 Å². The van der Waals surface area contributed by atoms with E-state index in [0.717, 1.165) is 4.31 Å². The molecule has 2 aromatic rings. The molecule has 1 atom stereocenters. The Labute approximate surface area is 179 Å². The fourth-order valence-electron chi connectivity index (χ4n) is 3.00. The van der Waals surface area contributed by atoms with E-state index in [1.165, 1.54) is 18.2 Å². The Bertz CT molecular complexity index is 1060. The smallest absolute Gasteiger partial charge is 0.252 e. The Morgan fingerprint density at radius 1 is 1.20 bits per heavy atom. The fourth-order valence-corrected chi connectivity index (χ4v) is 5.07. The minimum Gasteiger partial charge on any atom is -0.497 e. The number of carbonyl (C=O) groups is 2. The quantitative estimate of drug-likeness (QED) is 0.647. The topological polar surface area (TPSA) is 102 Å². The highest BCUT2D eigenvalue weighted by atomic mass is 35.5. The molecule has 8 nitrogen and oxygen atoms in total. The van der Waals surface area contributed by atoms with Gasteiger partial charge in [0, 0.05) is 0 Å². The van der Waals surface area contributed by atoms with Gasteiger partial charge in [-0.05, 0) is 42.5 Å². The van der Waals surface area contributed by atoms with Crippen molar-refractivity contribution in [2.24, 2.45) is 5.92 Å². The number of benzene rings is 2. The summed E-state index contributed by atoms with van der Waals surface area (Å²) in [5.41, 5.74) is 0.288. The maximum atomic E-state index is 12.4. The van der Waals surface area contributed by atoms with E-state index in [2.05, 4.69) is 5.32 Å². The van der Waals surface area contributed by atoms with Crippen LogP contribution in [-0.2, 0) is 14.8 Å². The van der Waals surface area contributed by atoms with Gasteiger partial charge in [-0.3, -0.25) is 9.59 Å². The van der Waals surface area contributed by atoms with Gasteiger partial charge in [-0.25, -0.2) is 12.7 Å². The number of hydrogen-bond donors (Lipinski definition) is 1. The number of carbonyl (C=O) groups excluding carboxylic acids is 2. The van der Waals surface area contributed by atoms with E-state index in [1.807, 2.05) is 0 Å². The van der Waals surface area contributed by atoms with E-state index < -0.39 is 27.8 Å². The van der Waals surface area contributed by atoms with Crippen LogP contribution in [-0.4, -0.2) is 46.2 Å². The van der Waals surface area contributed by atoms with Crippen LogP contribution >= 0.6 is 11.6 Å². The molecular weight excluding hydrogens is 432 g/mol. The maximum absolute atomic E-state index is 12.4. The number of methoxy groups -OCH3 is 1. The van der Waals surface area contributed by atoms with E-state index in [4.69, 9.17) is 21.1 Å². The monoisotopic (exact) mass is 452 g/mol. The molecule has 0 bridgehead atoms. The molecule has 160 valence electrons. The van der Waals surface area contributed by atoms with Crippen molar-refractivity contribution < 1.29 is 27.5 Å². The molecule has 1 N–H and O–H groups in total. The molecule has 0 radical (unpaired) electrons. The molecule has 1 saturated heterocycles. The second-order valence-corrected chi connectivity index (χ2v) is 9.00. The lowest BCUT2D eigenvalue weighted by Gasteiger charge is -2.16. The molecule has 1 fully saturated rings. The Morgan fingerprint density at radius 3 is 2.43 bits per heavy atom. The molecule has 3 rings (SSSR count). The SMILES string of the molecule is COc1ccc(OCCNC(=O)c2ccc(N3C(=O)[C@@H](C)CS3(=O)=O)cc2Cl)cc1. The molecule has 0 saturated carbocycles. The van der Waals surface area contributed by atoms with Crippen LogP contribution in [0, 0.1) is 5.92 Å². The van der Waals surface area contributed by atoms with Crippen LogP contribution in [0.4, 0.5) is 5.69 Å². The molecule has 0 aliphatic carbocycles. The lowest BCUT2D eigenvalue weighted by Crippen LogP contribution is -2.31. The minimum absolute atomic E-state index is 0.0450. The summed E-state index contributed by atoms with van der Waals surface area (Å²) in [7, 11) is -2.16. The minimum atomic E-state index is -3.74. The molecule has 0 spiro atoms. The summed E-state index contributed by atoms with van der Waals surface area (Å²) in [5.74, 6) is -0.472. The summed E-state index contributed by atoms with van der Waals surface area (Å²) in [6.45, 7) is 2.03. The van der Waals surface area contributed by atoms with Crippen LogP contribution in [0.5, 0.6) is 11.5 Å². The lowest BCUT2D eigenvalue weighted by molar-refractivity contribution is -0.119. The van der Waals surface area contributed by atoms with Gasteiger partial charge in [-0.2, -0.15) is 0 Å². The van der Waals surface area contributed by atoms with Crippen molar-refractivity contribution in [1.82, 2.24) is 5.32 Å². The lowest BCUT2D eigenvalue weighted by atomic mass is 10.1. The molecule has 2 amide bonds. The average molecular weight is 453 g/mol. The van der Waals surface area contributed by atoms with Gasteiger partial charge in [0.1, 0.15) is 18.1 Å². The van der Waals surface area contributed by atoms with Gasteiger partial charge in [0.2, 0.25) is 15.9 Å². The number of amides is 2. The van der Waals surface area contributed by atoms with Gasteiger partial charge in [0.05, 0.1) is 41.6 Å². The first kappa shape index (κ1) is 21.9. The Kier molecular flexibility index (Phi) is 6.52. The first-order valence-electron chi connectivity index (χ1n) is 9.14. The van der Waals surface area contributed by atoms with E-state index in [-0.39, 0.29) is 35.2 Å². The highest BCUT2D eigenvalue weighted by molar-refractivity contribution is 7.94. The van der Waals surface area contributed by atoms with Crippen LogP contribution in [0.15, 0.2) is 42.5 Å². The average Bonchev–Trinajstić information content (AvgIpc) is 2.92. The molecule has 1 heterocycles. The van der Waals surface area contributed by atoms with Crippen molar-refractivity contribution in [2.75, 3.05) is 30.3 Å². The summed E-state index contributed by atoms with van der Waals surface area (Å²) in [6.07, 6.45) is 0. The van der Waals surface area contributed by atoms with Crippen molar-refractivity contribution in [3.05, 3.63) is 53.1 Å². The summed E-state index contributed by atoms with van der Waals surface area (Å²) < 4.78 is 35.8. The number of rotatable bonds is 7. The third-order valence-electron chi connectivity index (χ3n) is 4.51. The van der Waals surface area contributed by atoms with Gasteiger partial charge >= 0.3 is 0 Å². The van der Waals surface area contributed by atoms with Crippen LogP contribution in [0.1, 0.15) is 17.3 Å². The summed E-state index contributed by atoms with van der Waals surface area (Å²) in [4.78, 5) is 24.6. The maximum Gasteiger partial charge on any atom is 0.252 e. The van der Waals surface area contributed by atoms with Crippen molar-refractivity contribution >= 4 is 39.1 Å². The largest absolute Gasteiger partial charge is 0.497 e. The van der Waals surface area contributed by atoms with Gasteiger partial charge in [0.25, 0.3) is 5.91 Å². The third kappa shape index (κ3) is 4.68. The van der Waals surface area contributed by atoms with Crippen molar-refractivity contribution in [1.29, 1.82) is 0 Å². The third-order valence-corrected chi connectivity index (χ3v) is 6.69. The zero-order chi connectivity index (χ0) is 21.9. The van der Waals surface area contributed by atoms with Gasteiger partial charge in [-0.15, -0.1) is 0 Å². The van der Waals surface area contributed by atoms with Crippen LogP contribution < -0.4 is 19.1 Å². The number of anilines is 1. The molecule has 0 unspecified atom stereocenters. The molecule has 2 aromatic carbocycles. The zero-order valence-electron chi connectivity index (χ0n) is 16.4. The number of nitrogens with zero attached hydrogens (tertiary/aromatic N) is 1. The Morgan fingerprint density at radius 2 is 1.87 bits per heavy atom. The number of nitrogens with one attached hydrogen (secondary N) is 1. The number of ether oxygens (including phenoxy) is 2. The van der Waals surface area contributed by atoms with E-state index in [1.54, 1.807) is 38.3 Å². The van der Waals surface area contributed by atoms with Crippen LogP contribution in [0.2, 0.25) is 5.02 Å². The van der Waals surface area contributed by atoms with Crippen LogP contribution in [0.3, 0.4) is 0 Å². The van der Waals surface area contributed by atoms with Crippen molar-refractivity contribution in [2.45, 2.75) is 6.92 Å². The summed E-state index contributed by atoms with van der Waals surface area (Å²) in [5, 5.41) is 2.73. The molecule has 10 heteroatoms. The Hall–Kier alpha value is -2.78. The molecule has 30 heavy (non-hydrogen) atoms. The van der Waals surface area contributed by atoms with Crippen LogP contribution in [0.25, 0.3) is 0 Å². The fraction of sp³-hybridized carbons (Fsp3) is 0.300. The second-order valence-electron chi connectivity index (χ2n) is 6.73. The zero-order valence-corrected chi connectivity index (χ0v) is 18.0. The highest BCUT2D eigenvalue weighted by Gasteiger charge is 2.42. The summed E-state index contributed by atoms with van der Waals surface area (Å²) >= 11 is 6.18. The second kappa shape index (κ2) is 8.93. The van der Waals surface area contributed by atoms with E-state index in [0.29, 0.717) is 11.5 Å². The molecular formula is C20H21ClN2O6S. The van der Waals surface area contributed by atoms with Gasteiger partial charge in [-0.1, -0.05) is 18.5 Å². The van der Waals surface area contributed by atoms with E-state index in [9.17, 15) is 18.0 Å². The van der Waals surface area contributed by atoms with E-state index >= 15 is 0 Å². The highest BCUT2D eigenvalue weighted by Crippen LogP contribution is 2.31. The Balaban J connectivity index is 1.59. The number of hydrogen-bond acceptors (Lipinski definition) is 6. The molecule has 0 aromatic heterocycles. The number of halogens is 1. The van der Waals surface area contributed by atoms with Gasteiger partial charge in [0.15, 0.2) is 0 Å². The molecule has 1 aliphatic heterocycles. The van der Waals surface area contributed by atoms with Crippen molar-refractivity contribution in [3.63, 3.8) is 0 Å². The van der Waals surface area contributed by atoms with Crippen molar-refractivity contribution in [3.8, 4) is 11.5 Å².